The Hall–Kier alpha value is -2.51. The quantitative estimate of drug-likeness (QED) is 0.0963. The molecule has 12 rings (SSSR count). The summed E-state index contributed by atoms with van der Waals surface area (Å²) in [6.45, 7) is 6.10. The molecule has 1 saturated heterocycles. The number of ketones is 1. The number of fused-ring (bicyclic) bond motifs is 5. The molecule has 15 nitrogen and oxygen atoms in total. The lowest BCUT2D eigenvalue weighted by atomic mass is 9.30. The number of Topliss-reactive ketones (excluding diaryl/α,β-unsaturated/α-hetero) is 1. The van der Waals surface area contributed by atoms with E-state index in [-0.39, 0.29) is 87.5 Å². The number of aliphatic hydroxyl groups is 9. The van der Waals surface area contributed by atoms with E-state index in [4.69, 9.17) is 15.2 Å². The van der Waals surface area contributed by atoms with Crippen molar-refractivity contribution in [3.05, 3.63) is 59.0 Å². The van der Waals surface area contributed by atoms with Gasteiger partial charge in [-0.2, -0.15) is 0 Å². The van der Waals surface area contributed by atoms with Crippen LogP contribution < -0.4 is 16.4 Å². The van der Waals surface area contributed by atoms with E-state index in [0.29, 0.717) is 62.5 Å². The average Bonchev–Trinajstić information content (AvgIpc) is 3.26. The minimum Gasteiger partial charge on any atom is -0.396 e. The first-order valence-corrected chi connectivity index (χ1v) is 30.4. The van der Waals surface area contributed by atoms with Crippen molar-refractivity contribution in [1.29, 1.82) is 0 Å². The van der Waals surface area contributed by atoms with E-state index in [1.165, 1.54) is 0 Å². The maximum atomic E-state index is 16.3. The van der Waals surface area contributed by atoms with Gasteiger partial charge in [0.2, 0.25) is 0 Å². The molecule has 20 unspecified atom stereocenters. The molecule has 0 radical (unpaired) electrons. The fraction of sp³-hybridized carbons (Fsp3) is 0.823. The van der Waals surface area contributed by atoms with Crippen molar-refractivity contribution in [2.24, 2.45) is 68.8 Å². The second-order valence-corrected chi connectivity index (χ2v) is 27.3. The van der Waals surface area contributed by atoms with Crippen LogP contribution in [-0.4, -0.2) is 144 Å². The van der Waals surface area contributed by atoms with Crippen molar-refractivity contribution in [1.82, 2.24) is 10.6 Å². The first-order chi connectivity index (χ1) is 36.7. The van der Waals surface area contributed by atoms with Gasteiger partial charge in [0, 0.05) is 66.2 Å². The predicted octanol–water partition coefficient (Wildman–Crippen LogP) is 5.01. The van der Waals surface area contributed by atoms with Gasteiger partial charge in [-0.1, -0.05) is 69.4 Å². The van der Waals surface area contributed by atoms with Crippen molar-refractivity contribution in [3.8, 4) is 0 Å². The summed E-state index contributed by atoms with van der Waals surface area (Å²) in [5, 5.41) is 123. The summed E-state index contributed by atoms with van der Waals surface area (Å²) in [7, 11) is 1.71. The molecule has 0 aromatic carbocycles. The summed E-state index contributed by atoms with van der Waals surface area (Å²) in [5.41, 5.74) is -4.38. The van der Waals surface area contributed by atoms with E-state index in [0.717, 1.165) is 69.1 Å². The van der Waals surface area contributed by atoms with Gasteiger partial charge < -0.3 is 71.8 Å². The van der Waals surface area contributed by atoms with Gasteiger partial charge in [0.15, 0.2) is 5.78 Å². The van der Waals surface area contributed by atoms with Crippen molar-refractivity contribution in [2.75, 3.05) is 26.9 Å². The van der Waals surface area contributed by atoms with E-state index in [1.807, 2.05) is 24.3 Å². The largest absolute Gasteiger partial charge is 0.396 e. The minimum atomic E-state index is -1.97. The molecule has 13 N–H and O–H groups in total. The Labute approximate surface area is 456 Å². The fourth-order valence-corrected chi connectivity index (χ4v) is 20.4. The molecule has 2 aliphatic heterocycles. The van der Waals surface area contributed by atoms with Gasteiger partial charge in [0.05, 0.1) is 70.7 Å². The molecule has 15 heteroatoms. The average molecular weight is 1070 g/mol. The van der Waals surface area contributed by atoms with Crippen molar-refractivity contribution >= 4 is 5.78 Å². The van der Waals surface area contributed by atoms with Crippen molar-refractivity contribution in [2.45, 2.75) is 227 Å². The number of nitrogens with one attached hydrogen (secondary N) is 2. The third-order valence-electron chi connectivity index (χ3n) is 23.6. The van der Waals surface area contributed by atoms with Crippen molar-refractivity contribution in [3.63, 3.8) is 0 Å². The topological polar surface area (TPSA) is 268 Å². The Bertz CT molecular complexity index is 2400. The Morgan fingerprint density at radius 3 is 2.38 bits per heavy atom. The van der Waals surface area contributed by atoms with Crippen LogP contribution in [0.1, 0.15) is 162 Å². The summed E-state index contributed by atoms with van der Waals surface area (Å²) in [4.78, 5) is 16.3. The summed E-state index contributed by atoms with van der Waals surface area (Å²) in [5.74, 6) is -1.99. The van der Waals surface area contributed by atoms with Crippen LogP contribution in [0, 0.1) is 63.1 Å². The zero-order valence-electron chi connectivity index (χ0n) is 46.6. The third kappa shape index (κ3) is 8.16. The van der Waals surface area contributed by atoms with Gasteiger partial charge in [0.1, 0.15) is 5.60 Å². The summed E-state index contributed by atoms with van der Waals surface area (Å²) < 4.78 is 12.8. The van der Waals surface area contributed by atoms with Gasteiger partial charge in [-0.25, -0.2) is 0 Å². The lowest BCUT2D eigenvalue weighted by Gasteiger charge is -2.74. The number of rotatable bonds is 15. The zero-order valence-corrected chi connectivity index (χ0v) is 46.6. The van der Waals surface area contributed by atoms with Gasteiger partial charge in [-0.05, 0) is 164 Å². The molecule has 12 aliphatic rings. The Kier molecular flexibility index (Phi) is 15.0. The smallest absolute Gasteiger partial charge is 0.182 e. The van der Waals surface area contributed by atoms with Crippen LogP contribution in [-0.2, 0) is 14.3 Å². The third-order valence-corrected chi connectivity index (χ3v) is 23.6. The van der Waals surface area contributed by atoms with Crippen LogP contribution in [0.25, 0.3) is 0 Å². The molecule has 7 fully saturated rings. The number of carbonyl (C=O) groups excluding carboxylic acids is 1. The number of ether oxygens (including phenoxy) is 2. The van der Waals surface area contributed by atoms with Gasteiger partial charge in [0.25, 0.3) is 0 Å². The molecule has 2 heterocycles. The highest BCUT2D eigenvalue weighted by atomic mass is 16.5. The molecule has 10 aliphatic carbocycles. The van der Waals surface area contributed by atoms with Crippen LogP contribution in [0.2, 0.25) is 0 Å². The number of methoxy groups -OCH3 is 1. The highest BCUT2D eigenvalue weighted by Crippen LogP contribution is 2.83. The Balaban J connectivity index is 1.14. The molecule has 430 valence electrons. The summed E-state index contributed by atoms with van der Waals surface area (Å²) >= 11 is 0. The van der Waals surface area contributed by atoms with E-state index >= 15 is 9.90 Å². The standard InChI is InChI=1S/C62H95N3O12/c1-5-8-37-13-17-40-47(19-14-37)77-54-50(40)44(68)10-6-23-62(54,75)55(3,72)48-21-24-61(74)53-51(64-33-36(2)67)52(71)42-31-45(69)46(70)32-57(42)34-56(41-18-20-49(63)65-43(41)9-7-29-66)25-27-58(73,60(53,57)28-26-56)35-59(48,61)39-15-11-38(12-16-39)22-30-76-4/h18,20,25-28,36-40,42,44-50,54,64-70,72-75H,5-17,19,21-24,29-35,63H2,1-4H3. The number of hydrogen-bond donors (Lipinski definition) is 12. The number of dihydropyridines is 1. The molecule has 77 heavy (non-hydrogen) atoms. The fourth-order valence-electron chi connectivity index (χ4n) is 20.4. The normalized spacial score (nSPS) is 49.1. The number of hydrogen-bond acceptors (Lipinski definition) is 15. The van der Waals surface area contributed by atoms with Crippen LogP contribution in [0.15, 0.2) is 59.0 Å². The first kappa shape index (κ1) is 56.4. The molecule has 0 aromatic rings. The van der Waals surface area contributed by atoms with E-state index in [1.54, 1.807) is 21.0 Å². The van der Waals surface area contributed by atoms with E-state index in [9.17, 15) is 40.9 Å². The van der Waals surface area contributed by atoms with Gasteiger partial charge in [-0.3, -0.25) is 4.79 Å². The van der Waals surface area contributed by atoms with Gasteiger partial charge in [-0.15, -0.1) is 0 Å². The first-order valence-electron chi connectivity index (χ1n) is 30.4. The minimum absolute atomic E-state index is 0.00796. The van der Waals surface area contributed by atoms with Crippen LogP contribution >= 0.6 is 0 Å². The second-order valence-electron chi connectivity index (χ2n) is 27.3. The van der Waals surface area contributed by atoms with Crippen molar-refractivity contribution < 1.29 is 60.2 Å². The molecule has 2 bridgehead atoms. The number of nitrogens with two attached hydrogens (primary N) is 1. The monoisotopic (exact) mass is 1070 g/mol. The molecular formula is C62H95N3O12. The number of carbonyl (C=O) groups is 1. The Morgan fingerprint density at radius 1 is 0.922 bits per heavy atom. The van der Waals surface area contributed by atoms with E-state index < -0.39 is 98.5 Å². The van der Waals surface area contributed by atoms with Crippen LogP contribution in [0.5, 0.6) is 0 Å². The molecule has 6 saturated carbocycles. The summed E-state index contributed by atoms with van der Waals surface area (Å²) in [6.07, 6.45) is 18.3. The molecule has 0 amide bonds. The summed E-state index contributed by atoms with van der Waals surface area (Å²) in [6, 6.07) is 0. The van der Waals surface area contributed by atoms with Crippen LogP contribution in [0.4, 0.5) is 0 Å². The molecule has 2 spiro atoms. The SMILES string of the molecule is CCCC1CCC2OC3C(C(O)CCCC3(O)C(C)(O)C3CCC4(O)C5=C(NCC(C)O)C(=O)C6CC(O)C(O)CC67CC6(C8=C(CCCO)NC(N)C=C8)C=CC(O)(CC34C3CCC(CCOC)CC3)C57C=C6)C2CC1. The number of allylic oxidation sites excluding steroid dienone is 6. The lowest BCUT2D eigenvalue weighted by Crippen LogP contribution is -2.78. The second kappa shape index (κ2) is 20.4. The maximum absolute atomic E-state index is 16.3. The highest BCUT2D eigenvalue weighted by Gasteiger charge is 2.85. The molecule has 0 aromatic heterocycles. The van der Waals surface area contributed by atoms with Crippen LogP contribution in [0.3, 0.4) is 0 Å². The molecule has 20 atom stereocenters. The van der Waals surface area contributed by atoms with E-state index in [2.05, 4.69) is 29.7 Å². The maximum Gasteiger partial charge on any atom is 0.182 e. The van der Waals surface area contributed by atoms with Gasteiger partial charge >= 0.3 is 0 Å². The number of aliphatic hydroxyl groups excluding tert-OH is 5. The predicted molar refractivity (Wildman–Crippen MR) is 290 cm³/mol. The Morgan fingerprint density at radius 2 is 1.65 bits per heavy atom. The lowest BCUT2D eigenvalue weighted by molar-refractivity contribution is -0.285. The zero-order chi connectivity index (χ0) is 54.7. The molecular weight excluding hydrogens is 979 g/mol. The highest BCUT2D eigenvalue weighted by molar-refractivity contribution is 6.01.